The number of likely N-dealkylation sites (tertiary alicyclic amines) is 1. The molecule has 1 amide bonds. The average molecular weight is 477 g/mol. The first-order valence-electron chi connectivity index (χ1n) is 10.2. The van der Waals surface area contributed by atoms with E-state index >= 15 is 0 Å². The highest BCUT2D eigenvalue weighted by Gasteiger charge is 2.43. The monoisotopic (exact) mass is 477 g/mol. The maximum Gasteiger partial charge on any atom is 0.231 e. The minimum atomic E-state index is -0.233. The van der Waals surface area contributed by atoms with Gasteiger partial charge in [-0.15, -0.1) is 24.0 Å². The topological polar surface area (TPSA) is 82.8 Å². The Bertz CT molecular complexity index is 473. The van der Waals surface area contributed by atoms with Crippen LogP contribution in [0.4, 0.5) is 0 Å². The summed E-state index contributed by atoms with van der Waals surface area (Å²) in [5.74, 6) is 2.55. The number of nitrogens with one attached hydrogen (secondary N) is 2. The van der Waals surface area contributed by atoms with Crippen LogP contribution >= 0.6 is 24.0 Å². The van der Waals surface area contributed by atoms with Crippen molar-refractivity contribution in [3.05, 3.63) is 0 Å². The maximum atomic E-state index is 11.0. The van der Waals surface area contributed by atoms with E-state index in [2.05, 4.69) is 27.4 Å². The number of primary amides is 1. The fourth-order valence-corrected chi connectivity index (χ4v) is 4.58. The van der Waals surface area contributed by atoms with Gasteiger partial charge in [0.25, 0.3) is 0 Å². The lowest BCUT2D eigenvalue weighted by Gasteiger charge is -2.32. The molecule has 1 aliphatic heterocycles. The molecule has 0 aromatic rings. The summed E-state index contributed by atoms with van der Waals surface area (Å²) < 4.78 is 0. The van der Waals surface area contributed by atoms with Crippen LogP contribution in [0.1, 0.15) is 58.3 Å². The van der Waals surface area contributed by atoms with Crippen LogP contribution in [0.25, 0.3) is 0 Å². The summed E-state index contributed by atoms with van der Waals surface area (Å²) in [7, 11) is 0. The number of nitrogens with zero attached hydrogens (tertiary/aromatic N) is 2. The van der Waals surface area contributed by atoms with E-state index in [-0.39, 0.29) is 29.9 Å². The highest BCUT2D eigenvalue weighted by atomic mass is 127. The highest BCUT2D eigenvalue weighted by molar-refractivity contribution is 14.0. The van der Waals surface area contributed by atoms with Crippen molar-refractivity contribution in [3.8, 4) is 0 Å². The molecule has 0 radical (unpaired) electrons. The number of guanidine groups is 1. The van der Waals surface area contributed by atoms with E-state index in [0.29, 0.717) is 18.6 Å². The third kappa shape index (κ3) is 6.55. The van der Waals surface area contributed by atoms with Gasteiger partial charge in [0, 0.05) is 31.7 Å². The van der Waals surface area contributed by atoms with Crippen molar-refractivity contribution >= 4 is 35.8 Å². The Morgan fingerprint density at radius 3 is 2.42 bits per heavy atom. The minimum Gasteiger partial charge on any atom is -0.369 e. The van der Waals surface area contributed by atoms with E-state index in [4.69, 9.17) is 5.73 Å². The van der Waals surface area contributed by atoms with Crippen LogP contribution in [0, 0.1) is 11.8 Å². The van der Waals surface area contributed by atoms with Crippen molar-refractivity contribution in [1.29, 1.82) is 0 Å². The van der Waals surface area contributed by atoms with Crippen molar-refractivity contribution in [3.63, 3.8) is 0 Å². The number of carbonyl (C=O) groups is 1. The van der Waals surface area contributed by atoms with Gasteiger partial charge in [-0.2, -0.15) is 0 Å². The van der Waals surface area contributed by atoms with Crippen molar-refractivity contribution in [1.82, 2.24) is 15.5 Å². The number of hydrogen-bond acceptors (Lipinski definition) is 3. The number of rotatable bonds is 6. The molecule has 3 rings (SSSR count). The molecule has 1 heterocycles. The summed E-state index contributed by atoms with van der Waals surface area (Å²) in [4.78, 5) is 17.8. The second-order valence-corrected chi connectivity index (χ2v) is 8.03. The first-order valence-corrected chi connectivity index (χ1v) is 10.2. The zero-order valence-electron chi connectivity index (χ0n) is 16.1. The number of hydrogen-bond donors (Lipinski definition) is 3. The van der Waals surface area contributed by atoms with Crippen LogP contribution in [0.5, 0.6) is 0 Å². The number of amides is 1. The average Bonchev–Trinajstić information content (AvgIpc) is 3.36. The van der Waals surface area contributed by atoms with Crippen LogP contribution in [0.3, 0.4) is 0 Å². The lowest BCUT2D eigenvalue weighted by molar-refractivity contribution is -0.119. The fraction of sp³-hybridized carbons (Fsp3) is 0.895. The molecule has 0 aromatic heterocycles. The Morgan fingerprint density at radius 2 is 1.81 bits per heavy atom. The molecule has 0 spiro atoms. The summed E-state index contributed by atoms with van der Waals surface area (Å²) in [6.45, 7) is 5.12. The Labute approximate surface area is 175 Å². The van der Waals surface area contributed by atoms with E-state index in [1.54, 1.807) is 0 Å². The Balaban J connectivity index is 0.00000243. The summed E-state index contributed by atoms with van der Waals surface area (Å²) >= 11 is 0. The highest BCUT2D eigenvalue weighted by Crippen LogP contribution is 2.44. The molecule has 2 aliphatic carbocycles. The van der Waals surface area contributed by atoms with Crippen molar-refractivity contribution in [2.75, 3.05) is 26.2 Å². The third-order valence-electron chi connectivity index (χ3n) is 6.04. The number of piperidine rings is 1. The molecule has 3 fully saturated rings. The van der Waals surface area contributed by atoms with Crippen LogP contribution in [-0.2, 0) is 4.79 Å². The zero-order valence-corrected chi connectivity index (χ0v) is 18.4. The molecule has 2 unspecified atom stereocenters. The van der Waals surface area contributed by atoms with Gasteiger partial charge in [0.05, 0.1) is 6.54 Å². The van der Waals surface area contributed by atoms with Crippen molar-refractivity contribution in [2.24, 2.45) is 22.6 Å². The molecule has 3 aliphatic rings. The zero-order chi connectivity index (χ0) is 17.6. The Morgan fingerprint density at radius 1 is 1.12 bits per heavy atom. The molecule has 1 saturated heterocycles. The number of nitrogens with two attached hydrogens (primary N) is 1. The van der Waals surface area contributed by atoms with Crippen molar-refractivity contribution in [2.45, 2.75) is 70.4 Å². The molecule has 0 aromatic carbocycles. The molecule has 4 N–H and O–H groups in total. The second kappa shape index (κ2) is 10.7. The molecule has 7 heteroatoms. The van der Waals surface area contributed by atoms with E-state index in [1.165, 1.54) is 38.5 Å². The summed E-state index contributed by atoms with van der Waals surface area (Å²) in [5.41, 5.74) is 5.29. The van der Waals surface area contributed by atoms with E-state index < -0.39 is 0 Å². The van der Waals surface area contributed by atoms with Gasteiger partial charge < -0.3 is 16.4 Å². The van der Waals surface area contributed by atoms with Gasteiger partial charge in [-0.3, -0.25) is 14.7 Å². The molecular formula is C19H36IN5O. The minimum absolute atomic E-state index is 0. The van der Waals surface area contributed by atoms with Gasteiger partial charge in [0.1, 0.15) is 0 Å². The van der Waals surface area contributed by atoms with Gasteiger partial charge in [-0.1, -0.05) is 32.1 Å². The summed E-state index contributed by atoms with van der Waals surface area (Å²) in [6, 6.07) is 1.06. The third-order valence-corrected chi connectivity index (χ3v) is 6.04. The van der Waals surface area contributed by atoms with Gasteiger partial charge >= 0.3 is 0 Å². The molecule has 2 atom stereocenters. The lowest BCUT2D eigenvalue weighted by atomic mass is 9.85. The number of carbonyl (C=O) groups excluding carboxylic acids is 1. The van der Waals surface area contributed by atoms with Crippen molar-refractivity contribution < 1.29 is 4.79 Å². The van der Waals surface area contributed by atoms with E-state index in [1.807, 2.05) is 0 Å². The second-order valence-electron chi connectivity index (χ2n) is 8.03. The fourth-order valence-electron chi connectivity index (χ4n) is 4.58. The maximum absolute atomic E-state index is 11.0. The first kappa shape index (κ1) is 21.7. The Kier molecular flexibility index (Phi) is 8.93. The lowest BCUT2D eigenvalue weighted by Crippen LogP contribution is -2.50. The Hall–Kier alpha value is -0.570. The van der Waals surface area contributed by atoms with Crippen LogP contribution < -0.4 is 16.4 Å². The smallest absolute Gasteiger partial charge is 0.231 e. The van der Waals surface area contributed by atoms with Gasteiger partial charge in [0.15, 0.2) is 5.96 Å². The largest absolute Gasteiger partial charge is 0.369 e. The summed E-state index contributed by atoms with van der Waals surface area (Å²) in [6.07, 6.45) is 10.5. The van der Waals surface area contributed by atoms with Crippen LogP contribution in [0.15, 0.2) is 4.99 Å². The molecule has 6 nitrogen and oxygen atoms in total. The SMILES string of the molecule is CCN=C(NC1CCN(CC(N)=O)CC1)NC1CC1C1CCCCC1.I. The standard InChI is InChI=1S/C19H35N5O.HI/c1-2-21-19(22-15-8-10-24(11-9-15)13-18(20)25)23-17-12-16(17)14-6-4-3-5-7-14;/h14-17H,2-13H2,1H3,(H2,20,25)(H2,21,22,23);1H. The normalized spacial score (nSPS) is 28.3. The number of halogens is 1. The predicted molar refractivity (Wildman–Crippen MR) is 117 cm³/mol. The van der Waals surface area contributed by atoms with Gasteiger partial charge in [-0.25, -0.2) is 0 Å². The predicted octanol–water partition coefficient (Wildman–Crippen LogP) is 2.08. The molecule has 0 bridgehead atoms. The number of aliphatic imine (C=N–C) groups is 1. The van der Waals surface area contributed by atoms with E-state index in [9.17, 15) is 4.79 Å². The molecule has 2 saturated carbocycles. The quantitative estimate of drug-likeness (QED) is 0.311. The molecule has 150 valence electrons. The van der Waals surface area contributed by atoms with Gasteiger partial charge in [0.2, 0.25) is 5.91 Å². The van der Waals surface area contributed by atoms with Gasteiger partial charge in [-0.05, 0) is 38.0 Å². The van der Waals surface area contributed by atoms with Crippen LogP contribution in [0.2, 0.25) is 0 Å². The summed E-state index contributed by atoms with van der Waals surface area (Å²) in [5, 5.41) is 7.30. The molecule has 26 heavy (non-hydrogen) atoms. The first-order chi connectivity index (χ1) is 12.2. The molecular weight excluding hydrogens is 441 g/mol. The van der Waals surface area contributed by atoms with Crippen LogP contribution in [-0.4, -0.2) is 55.0 Å². The van der Waals surface area contributed by atoms with E-state index in [0.717, 1.165) is 50.3 Å².